The van der Waals surface area contributed by atoms with E-state index in [0.717, 1.165) is 0 Å². The molecule has 0 aliphatic heterocycles. The van der Waals surface area contributed by atoms with Gasteiger partial charge in [0.05, 0.1) is 54.6 Å². The molecule has 25 heavy (non-hydrogen) atoms. The topological polar surface area (TPSA) is 112 Å². The molecule has 0 N–H and O–H groups in total. The van der Waals surface area contributed by atoms with Crippen LogP contribution in [-0.2, 0) is 38.1 Å². The van der Waals surface area contributed by atoms with Crippen LogP contribution >= 0.6 is 0 Å². The lowest BCUT2D eigenvalue weighted by molar-refractivity contribution is -0.150. The lowest BCUT2D eigenvalue weighted by Gasteiger charge is -2.31. The van der Waals surface area contributed by atoms with Crippen molar-refractivity contribution in [2.75, 3.05) is 61.2 Å². The summed E-state index contributed by atoms with van der Waals surface area (Å²) >= 11 is 0. The zero-order chi connectivity index (χ0) is 19.4. The summed E-state index contributed by atoms with van der Waals surface area (Å²) in [7, 11) is 4.96. The molecule has 144 valence electrons. The lowest BCUT2D eigenvalue weighted by atomic mass is 10.2. The summed E-state index contributed by atoms with van der Waals surface area (Å²) < 4.78 is 18.5. The van der Waals surface area contributed by atoms with Gasteiger partial charge in [0.2, 0.25) is 0 Å². The van der Waals surface area contributed by atoms with Gasteiger partial charge in [-0.1, -0.05) is 0 Å². The third kappa shape index (κ3) is 9.62. The highest BCUT2D eigenvalue weighted by atomic mass is 16.5. The highest BCUT2D eigenvalue weighted by Crippen LogP contribution is 2.05. The molecule has 10 nitrogen and oxygen atoms in total. The third-order valence-electron chi connectivity index (χ3n) is 3.43. The number of ether oxygens (including phenoxy) is 4. The molecule has 0 spiro atoms. The summed E-state index contributed by atoms with van der Waals surface area (Å²) in [5.41, 5.74) is 0. The number of esters is 4. The van der Waals surface area contributed by atoms with Crippen LogP contribution in [0.4, 0.5) is 0 Å². The maximum absolute atomic E-state index is 11.6. The van der Waals surface area contributed by atoms with Gasteiger partial charge in [0.1, 0.15) is 0 Å². The van der Waals surface area contributed by atoms with Crippen molar-refractivity contribution in [3.63, 3.8) is 0 Å². The van der Waals surface area contributed by atoms with E-state index >= 15 is 0 Å². The molecule has 0 unspecified atom stereocenters. The zero-order valence-electron chi connectivity index (χ0n) is 15.3. The maximum atomic E-state index is 11.6. The van der Waals surface area contributed by atoms with E-state index in [-0.39, 0.29) is 38.8 Å². The Labute approximate surface area is 146 Å². The number of hydrogen-bond acceptors (Lipinski definition) is 10. The number of nitrogens with zero attached hydrogens (tertiary/aromatic N) is 2. The predicted molar refractivity (Wildman–Crippen MR) is 85.5 cm³/mol. The summed E-state index contributed by atoms with van der Waals surface area (Å²) in [4.78, 5) is 49.2. The Hall–Kier alpha value is -2.20. The van der Waals surface area contributed by atoms with Crippen molar-refractivity contribution < 1.29 is 38.1 Å². The van der Waals surface area contributed by atoms with Crippen LogP contribution in [0.5, 0.6) is 0 Å². The van der Waals surface area contributed by atoms with E-state index in [1.807, 2.05) is 0 Å². The largest absolute Gasteiger partial charge is 0.468 e. The quantitative estimate of drug-likeness (QED) is 0.324. The van der Waals surface area contributed by atoms with E-state index < -0.39 is 23.9 Å². The minimum Gasteiger partial charge on any atom is -0.468 e. The highest BCUT2D eigenvalue weighted by molar-refractivity contribution is 5.75. The fraction of sp³-hybridized carbons (Fsp3) is 0.733. The van der Waals surface area contributed by atoms with Gasteiger partial charge in [-0.15, -0.1) is 0 Å². The second-order valence-corrected chi connectivity index (χ2v) is 5.23. The zero-order valence-corrected chi connectivity index (χ0v) is 15.3. The normalized spacial score (nSPS) is 11.8. The van der Waals surface area contributed by atoms with Crippen molar-refractivity contribution in [1.82, 2.24) is 9.80 Å². The molecular formula is C15H26N2O8. The van der Waals surface area contributed by atoms with Crippen LogP contribution in [0.2, 0.25) is 0 Å². The standard InChI is InChI=1S/C15H26N2O8/c1-11(17(9-14(20)24-4)10-15(21)25-5)6-16(7-12(18)22-2)8-13(19)23-3/h11H,6-10H2,1-5H3/t11-/m1/s1. The first-order valence-electron chi connectivity index (χ1n) is 7.51. The molecule has 0 rings (SSSR count). The Bertz CT molecular complexity index is 432. The molecule has 0 aromatic carbocycles. The Morgan fingerprint density at radius 1 is 0.680 bits per heavy atom. The van der Waals surface area contributed by atoms with Crippen molar-refractivity contribution in [2.45, 2.75) is 13.0 Å². The lowest BCUT2D eigenvalue weighted by Crippen LogP contribution is -2.49. The Balaban J connectivity index is 5.07. The van der Waals surface area contributed by atoms with Gasteiger partial charge in [0.15, 0.2) is 0 Å². The smallest absolute Gasteiger partial charge is 0.319 e. The average Bonchev–Trinajstić information content (AvgIpc) is 2.59. The van der Waals surface area contributed by atoms with Gasteiger partial charge in [-0.3, -0.25) is 29.0 Å². The number of methoxy groups -OCH3 is 4. The van der Waals surface area contributed by atoms with Crippen LogP contribution in [0.3, 0.4) is 0 Å². The second-order valence-electron chi connectivity index (χ2n) is 5.23. The molecule has 0 saturated carbocycles. The van der Waals surface area contributed by atoms with E-state index in [1.54, 1.807) is 6.92 Å². The first-order chi connectivity index (χ1) is 11.8. The summed E-state index contributed by atoms with van der Waals surface area (Å²) in [6, 6.07) is -0.368. The number of rotatable bonds is 11. The van der Waals surface area contributed by atoms with Gasteiger partial charge < -0.3 is 18.9 Å². The molecule has 0 saturated heterocycles. The molecule has 0 aromatic heterocycles. The Kier molecular flexibility index (Phi) is 11.1. The molecule has 0 amide bonds. The number of carbonyl (C=O) groups is 4. The molecule has 0 aromatic rings. The van der Waals surface area contributed by atoms with Crippen LogP contribution in [-0.4, -0.2) is 101 Å². The SMILES string of the molecule is COC(=O)CN(CC(=O)OC)C[C@@H](C)N(CC(=O)OC)CC(=O)OC. The molecule has 0 heterocycles. The molecule has 0 aliphatic carbocycles. The van der Waals surface area contributed by atoms with Crippen LogP contribution in [0.25, 0.3) is 0 Å². The molecule has 0 bridgehead atoms. The average molecular weight is 362 g/mol. The minimum absolute atomic E-state index is 0.139. The first-order valence-corrected chi connectivity index (χ1v) is 7.51. The van der Waals surface area contributed by atoms with Crippen molar-refractivity contribution in [3.05, 3.63) is 0 Å². The summed E-state index contributed by atoms with van der Waals surface area (Å²) in [5.74, 6) is -2.10. The van der Waals surface area contributed by atoms with E-state index in [2.05, 4.69) is 18.9 Å². The van der Waals surface area contributed by atoms with E-state index in [0.29, 0.717) is 0 Å². The van der Waals surface area contributed by atoms with E-state index in [4.69, 9.17) is 0 Å². The third-order valence-corrected chi connectivity index (χ3v) is 3.43. The van der Waals surface area contributed by atoms with E-state index in [9.17, 15) is 19.2 Å². The van der Waals surface area contributed by atoms with Gasteiger partial charge >= 0.3 is 23.9 Å². The second kappa shape index (κ2) is 12.2. The fourth-order valence-electron chi connectivity index (χ4n) is 2.00. The molecule has 0 fully saturated rings. The van der Waals surface area contributed by atoms with Gasteiger partial charge in [-0.2, -0.15) is 0 Å². The molecule has 0 aliphatic rings. The van der Waals surface area contributed by atoms with Gasteiger partial charge in [0, 0.05) is 12.6 Å². The summed E-state index contributed by atoms with van der Waals surface area (Å²) in [5, 5.41) is 0. The van der Waals surface area contributed by atoms with Gasteiger partial charge in [-0.05, 0) is 6.92 Å². The molecule has 0 radical (unpaired) electrons. The summed E-state index contributed by atoms with van der Waals surface area (Å²) in [6.45, 7) is 1.39. The predicted octanol–water partition coefficient (Wildman–Crippen LogP) is -1.33. The van der Waals surface area contributed by atoms with Gasteiger partial charge in [-0.25, -0.2) is 0 Å². The van der Waals surface area contributed by atoms with Crippen molar-refractivity contribution in [1.29, 1.82) is 0 Å². The van der Waals surface area contributed by atoms with Crippen LogP contribution in [0, 0.1) is 0 Å². The first kappa shape index (κ1) is 22.8. The van der Waals surface area contributed by atoms with Crippen LogP contribution in [0.1, 0.15) is 6.92 Å². The minimum atomic E-state index is -0.525. The van der Waals surface area contributed by atoms with E-state index in [1.165, 1.54) is 38.2 Å². The molecular weight excluding hydrogens is 336 g/mol. The fourth-order valence-corrected chi connectivity index (χ4v) is 2.00. The highest BCUT2D eigenvalue weighted by Gasteiger charge is 2.25. The van der Waals surface area contributed by atoms with Crippen LogP contribution in [0.15, 0.2) is 0 Å². The Morgan fingerprint density at radius 2 is 1.00 bits per heavy atom. The Morgan fingerprint density at radius 3 is 1.32 bits per heavy atom. The van der Waals surface area contributed by atoms with Crippen molar-refractivity contribution >= 4 is 23.9 Å². The van der Waals surface area contributed by atoms with Crippen molar-refractivity contribution in [2.24, 2.45) is 0 Å². The number of carbonyl (C=O) groups excluding carboxylic acids is 4. The summed E-state index contributed by atoms with van der Waals surface area (Å²) in [6.07, 6.45) is 0. The van der Waals surface area contributed by atoms with Crippen LogP contribution < -0.4 is 0 Å². The number of hydrogen-bond donors (Lipinski definition) is 0. The van der Waals surface area contributed by atoms with Crippen molar-refractivity contribution in [3.8, 4) is 0 Å². The monoisotopic (exact) mass is 362 g/mol. The molecule has 10 heteroatoms. The maximum Gasteiger partial charge on any atom is 0.319 e. The molecule has 1 atom stereocenters. The van der Waals surface area contributed by atoms with Gasteiger partial charge in [0.25, 0.3) is 0 Å².